The molecule has 1 aliphatic heterocycles. The number of hydrogen-bond acceptors (Lipinski definition) is 3. The van der Waals surface area contributed by atoms with E-state index in [-0.39, 0.29) is 11.8 Å². The van der Waals surface area contributed by atoms with Crippen LogP contribution in [0.15, 0.2) is 0 Å². The Labute approximate surface area is 122 Å². The first-order chi connectivity index (χ1) is 9.63. The molecular weight excluding hydrogens is 254 g/mol. The average molecular weight is 283 g/mol. The fourth-order valence-electron chi connectivity index (χ4n) is 2.56. The van der Waals surface area contributed by atoms with Gasteiger partial charge in [0, 0.05) is 25.9 Å². The molecule has 1 heterocycles. The monoisotopic (exact) mass is 283 g/mol. The van der Waals surface area contributed by atoms with E-state index in [1.807, 2.05) is 6.92 Å². The molecular formula is C15H29N3O2. The fourth-order valence-corrected chi connectivity index (χ4v) is 2.56. The SMILES string of the molecule is CCCNC(=O)CCNC(=O)CC(C)C1CCCNC1. The van der Waals surface area contributed by atoms with E-state index in [1.165, 1.54) is 12.8 Å². The maximum absolute atomic E-state index is 11.8. The highest BCUT2D eigenvalue weighted by molar-refractivity contribution is 5.79. The van der Waals surface area contributed by atoms with E-state index in [1.54, 1.807) is 0 Å². The summed E-state index contributed by atoms with van der Waals surface area (Å²) < 4.78 is 0. The van der Waals surface area contributed by atoms with Gasteiger partial charge in [0.1, 0.15) is 0 Å². The Balaban J connectivity index is 2.11. The van der Waals surface area contributed by atoms with Gasteiger partial charge < -0.3 is 16.0 Å². The lowest BCUT2D eigenvalue weighted by Gasteiger charge is -2.28. The van der Waals surface area contributed by atoms with E-state index in [4.69, 9.17) is 0 Å². The molecule has 20 heavy (non-hydrogen) atoms. The summed E-state index contributed by atoms with van der Waals surface area (Å²) >= 11 is 0. The van der Waals surface area contributed by atoms with Gasteiger partial charge in [-0.2, -0.15) is 0 Å². The Kier molecular flexibility index (Phi) is 8.26. The van der Waals surface area contributed by atoms with Gasteiger partial charge in [0.05, 0.1) is 0 Å². The van der Waals surface area contributed by atoms with Crippen LogP contribution in [0, 0.1) is 11.8 Å². The molecule has 0 spiro atoms. The van der Waals surface area contributed by atoms with Crippen molar-refractivity contribution in [2.24, 2.45) is 11.8 Å². The molecule has 2 unspecified atom stereocenters. The molecule has 116 valence electrons. The lowest BCUT2D eigenvalue weighted by molar-refractivity contribution is -0.123. The Bertz CT molecular complexity index is 301. The lowest BCUT2D eigenvalue weighted by Crippen LogP contribution is -2.36. The second-order valence-electron chi connectivity index (χ2n) is 5.74. The van der Waals surface area contributed by atoms with E-state index in [2.05, 4.69) is 22.9 Å². The summed E-state index contributed by atoms with van der Waals surface area (Å²) in [5.74, 6) is 1.07. The molecule has 1 aliphatic rings. The van der Waals surface area contributed by atoms with E-state index >= 15 is 0 Å². The van der Waals surface area contributed by atoms with Crippen molar-refractivity contribution in [3.8, 4) is 0 Å². The first-order valence-corrected chi connectivity index (χ1v) is 7.87. The third-order valence-electron chi connectivity index (χ3n) is 3.89. The summed E-state index contributed by atoms with van der Waals surface area (Å²) in [7, 11) is 0. The van der Waals surface area contributed by atoms with Crippen LogP contribution in [0.2, 0.25) is 0 Å². The van der Waals surface area contributed by atoms with Crippen molar-refractivity contribution in [1.29, 1.82) is 0 Å². The van der Waals surface area contributed by atoms with Crippen LogP contribution in [-0.4, -0.2) is 38.0 Å². The van der Waals surface area contributed by atoms with Crippen LogP contribution in [0.1, 0.15) is 46.0 Å². The second kappa shape index (κ2) is 9.75. The molecule has 0 aliphatic carbocycles. The Morgan fingerprint density at radius 3 is 2.65 bits per heavy atom. The van der Waals surface area contributed by atoms with E-state index in [9.17, 15) is 9.59 Å². The fraction of sp³-hybridized carbons (Fsp3) is 0.867. The highest BCUT2D eigenvalue weighted by atomic mass is 16.2. The van der Waals surface area contributed by atoms with Crippen molar-refractivity contribution < 1.29 is 9.59 Å². The molecule has 1 fully saturated rings. The summed E-state index contributed by atoms with van der Waals surface area (Å²) in [5, 5.41) is 9.02. The van der Waals surface area contributed by atoms with Gasteiger partial charge >= 0.3 is 0 Å². The minimum Gasteiger partial charge on any atom is -0.356 e. The Morgan fingerprint density at radius 2 is 2.00 bits per heavy atom. The summed E-state index contributed by atoms with van der Waals surface area (Å²) in [4.78, 5) is 23.2. The third-order valence-corrected chi connectivity index (χ3v) is 3.89. The van der Waals surface area contributed by atoms with Gasteiger partial charge in [-0.1, -0.05) is 13.8 Å². The summed E-state index contributed by atoms with van der Waals surface area (Å²) in [6, 6.07) is 0. The zero-order chi connectivity index (χ0) is 14.8. The van der Waals surface area contributed by atoms with E-state index in [0.717, 1.165) is 19.5 Å². The molecule has 0 radical (unpaired) electrons. The van der Waals surface area contributed by atoms with Crippen molar-refractivity contribution in [3.63, 3.8) is 0 Å². The van der Waals surface area contributed by atoms with Crippen molar-refractivity contribution in [2.75, 3.05) is 26.2 Å². The predicted octanol–water partition coefficient (Wildman–Crippen LogP) is 1.04. The van der Waals surface area contributed by atoms with Gasteiger partial charge in [-0.25, -0.2) is 0 Å². The predicted molar refractivity (Wildman–Crippen MR) is 80.3 cm³/mol. The topological polar surface area (TPSA) is 70.2 Å². The van der Waals surface area contributed by atoms with Gasteiger partial charge in [-0.15, -0.1) is 0 Å². The summed E-state index contributed by atoms with van der Waals surface area (Å²) in [5.41, 5.74) is 0. The molecule has 0 aromatic heterocycles. The number of amides is 2. The van der Waals surface area contributed by atoms with Gasteiger partial charge in [0.2, 0.25) is 11.8 Å². The molecule has 2 amide bonds. The zero-order valence-electron chi connectivity index (χ0n) is 12.8. The lowest BCUT2D eigenvalue weighted by atomic mass is 9.85. The van der Waals surface area contributed by atoms with Crippen molar-refractivity contribution >= 4 is 11.8 Å². The third kappa shape index (κ3) is 6.89. The van der Waals surface area contributed by atoms with Gasteiger partial charge in [-0.05, 0) is 44.2 Å². The number of carbonyl (C=O) groups is 2. The van der Waals surface area contributed by atoms with E-state index in [0.29, 0.717) is 37.8 Å². The number of rotatable bonds is 8. The first kappa shape index (κ1) is 17.0. The Hall–Kier alpha value is -1.10. The number of hydrogen-bond donors (Lipinski definition) is 3. The summed E-state index contributed by atoms with van der Waals surface area (Å²) in [6.45, 7) is 7.42. The van der Waals surface area contributed by atoms with Crippen molar-refractivity contribution in [2.45, 2.75) is 46.0 Å². The quantitative estimate of drug-likeness (QED) is 0.623. The van der Waals surface area contributed by atoms with E-state index < -0.39 is 0 Å². The number of piperidine rings is 1. The van der Waals surface area contributed by atoms with Gasteiger partial charge in [-0.3, -0.25) is 9.59 Å². The molecule has 1 saturated heterocycles. The van der Waals surface area contributed by atoms with Crippen LogP contribution >= 0.6 is 0 Å². The molecule has 2 atom stereocenters. The maximum Gasteiger partial charge on any atom is 0.221 e. The highest BCUT2D eigenvalue weighted by Gasteiger charge is 2.21. The van der Waals surface area contributed by atoms with Gasteiger partial charge in [0.25, 0.3) is 0 Å². The standard InChI is InChI=1S/C15H29N3O2/c1-3-7-17-14(19)6-9-18-15(20)10-12(2)13-5-4-8-16-11-13/h12-13,16H,3-11H2,1-2H3,(H,17,19)(H,18,20). The van der Waals surface area contributed by atoms with Crippen LogP contribution < -0.4 is 16.0 Å². The Morgan fingerprint density at radius 1 is 1.25 bits per heavy atom. The zero-order valence-corrected chi connectivity index (χ0v) is 12.8. The van der Waals surface area contributed by atoms with Crippen LogP contribution in [0.3, 0.4) is 0 Å². The molecule has 0 saturated carbocycles. The van der Waals surface area contributed by atoms with Crippen molar-refractivity contribution in [1.82, 2.24) is 16.0 Å². The van der Waals surface area contributed by atoms with Crippen LogP contribution in [0.5, 0.6) is 0 Å². The largest absolute Gasteiger partial charge is 0.356 e. The molecule has 1 rings (SSSR count). The normalized spacial score (nSPS) is 20.2. The molecule has 5 heteroatoms. The van der Waals surface area contributed by atoms with Crippen LogP contribution in [0.25, 0.3) is 0 Å². The molecule has 0 bridgehead atoms. The molecule has 0 aromatic carbocycles. The summed E-state index contributed by atoms with van der Waals surface area (Å²) in [6.07, 6.45) is 4.27. The highest BCUT2D eigenvalue weighted by Crippen LogP contribution is 2.22. The second-order valence-corrected chi connectivity index (χ2v) is 5.74. The number of nitrogens with one attached hydrogen (secondary N) is 3. The van der Waals surface area contributed by atoms with Crippen LogP contribution in [-0.2, 0) is 9.59 Å². The van der Waals surface area contributed by atoms with Crippen molar-refractivity contribution in [3.05, 3.63) is 0 Å². The molecule has 5 nitrogen and oxygen atoms in total. The molecule has 0 aromatic rings. The number of carbonyl (C=O) groups excluding carboxylic acids is 2. The average Bonchev–Trinajstić information content (AvgIpc) is 2.46. The minimum atomic E-state index is 0.0108. The first-order valence-electron chi connectivity index (χ1n) is 7.87. The maximum atomic E-state index is 11.8. The van der Waals surface area contributed by atoms with Crippen LogP contribution in [0.4, 0.5) is 0 Å². The minimum absolute atomic E-state index is 0.0108. The smallest absolute Gasteiger partial charge is 0.221 e. The molecule has 3 N–H and O–H groups in total. The van der Waals surface area contributed by atoms with Gasteiger partial charge in [0.15, 0.2) is 0 Å².